The van der Waals surface area contributed by atoms with Crippen LogP contribution in [0.15, 0.2) is 16.1 Å². The van der Waals surface area contributed by atoms with E-state index in [0.29, 0.717) is 37.5 Å². The second kappa shape index (κ2) is 6.53. The summed E-state index contributed by atoms with van der Waals surface area (Å²) in [7, 11) is 1.66. The van der Waals surface area contributed by atoms with Crippen molar-refractivity contribution in [3.8, 4) is 0 Å². The first-order valence-electron chi connectivity index (χ1n) is 7.18. The molecule has 8 heteroatoms. The lowest BCUT2D eigenvalue weighted by molar-refractivity contribution is -0.132. The summed E-state index contributed by atoms with van der Waals surface area (Å²) < 4.78 is 10.7. The Morgan fingerprint density at radius 2 is 2.45 bits per heavy atom. The van der Waals surface area contributed by atoms with Crippen molar-refractivity contribution in [2.24, 2.45) is 0 Å². The fourth-order valence-electron chi connectivity index (χ4n) is 2.66. The van der Waals surface area contributed by atoms with E-state index in [0.717, 1.165) is 5.01 Å². The van der Waals surface area contributed by atoms with Gasteiger partial charge in [-0.3, -0.25) is 4.79 Å². The molecule has 118 valence electrons. The smallest absolute Gasteiger partial charge is 0.249 e. The molecule has 1 amide bonds. The van der Waals surface area contributed by atoms with Gasteiger partial charge in [0.25, 0.3) is 0 Å². The monoisotopic (exact) mass is 322 g/mol. The predicted octanol–water partition coefficient (Wildman–Crippen LogP) is 1.76. The van der Waals surface area contributed by atoms with Gasteiger partial charge in [0.1, 0.15) is 6.04 Å². The molecule has 1 fully saturated rings. The molecule has 3 rings (SSSR count). The lowest BCUT2D eigenvalue weighted by atomic mass is 10.2. The van der Waals surface area contributed by atoms with Crippen molar-refractivity contribution in [2.75, 3.05) is 13.7 Å². The van der Waals surface area contributed by atoms with Crippen molar-refractivity contribution in [1.29, 1.82) is 0 Å². The summed E-state index contributed by atoms with van der Waals surface area (Å²) in [6.45, 7) is 2.32. The molecule has 0 bridgehead atoms. The summed E-state index contributed by atoms with van der Waals surface area (Å²) in [5.74, 6) is 1.13. The van der Waals surface area contributed by atoms with Gasteiger partial charge in [0.15, 0.2) is 5.82 Å². The molecule has 1 aliphatic rings. The first-order chi connectivity index (χ1) is 10.7. The molecular formula is C14H18N4O3S. The van der Waals surface area contributed by atoms with E-state index in [4.69, 9.17) is 9.26 Å². The Hall–Kier alpha value is -1.80. The molecule has 2 unspecified atom stereocenters. The summed E-state index contributed by atoms with van der Waals surface area (Å²) in [6, 6.07) is -0.199. The van der Waals surface area contributed by atoms with E-state index < -0.39 is 0 Å². The maximum absolute atomic E-state index is 12.5. The lowest BCUT2D eigenvalue weighted by Crippen LogP contribution is -2.32. The second-order valence-corrected chi connectivity index (χ2v) is 6.24. The van der Waals surface area contributed by atoms with E-state index in [1.54, 1.807) is 36.5 Å². The van der Waals surface area contributed by atoms with Crippen LogP contribution in [0.1, 0.15) is 35.6 Å². The van der Waals surface area contributed by atoms with Crippen molar-refractivity contribution in [3.05, 3.63) is 28.3 Å². The Kier molecular flexibility index (Phi) is 4.49. The average Bonchev–Trinajstić information content (AvgIpc) is 3.24. The summed E-state index contributed by atoms with van der Waals surface area (Å²) in [5, 5.41) is 6.71. The number of carbonyl (C=O) groups is 1. The number of thiazole rings is 1. The highest BCUT2D eigenvalue weighted by Crippen LogP contribution is 2.33. The Bertz CT molecular complexity index is 628. The number of rotatable bonds is 5. The Balaban J connectivity index is 1.69. The van der Waals surface area contributed by atoms with Crippen LogP contribution in [0.3, 0.4) is 0 Å². The topological polar surface area (TPSA) is 81.4 Å². The molecule has 3 heterocycles. The zero-order valence-electron chi connectivity index (χ0n) is 12.6. The largest absolute Gasteiger partial charge is 0.380 e. The van der Waals surface area contributed by atoms with Crippen molar-refractivity contribution >= 4 is 17.2 Å². The van der Waals surface area contributed by atoms with Gasteiger partial charge in [0, 0.05) is 44.5 Å². The Labute approximate surface area is 132 Å². The second-order valence-electron chi connectivity index (χ2n) is 5.26. The number of ether oxygens (including phenoxy) is 1. The van der Waals surface area contributed by atoms with Crippen LogP contribution >= 0.6 is 11.3 Å². The first-order valence-corrected chi connectivity index (χ1v) is 8.06. The minimum Gasteiger partial charge on any atom is -0.380 e. The van der Waals surface area contributed by atoms with Crippen molar-refractivity contribution in [3.63, 3.8) is 0 Å². The van der Waals surface area contributed by atoms with E-state index in [1.807, 2.05) is 5.38 Å². The van der Waals surface area contributed by atoms with E-state index >= 15 is 0 Å². The minimum absolute atomic E-state index is 0.000943. The molecule has 0 spiro atoms. The average molecular weight is 322 g/mol. The number of carbonyl (C=O) groups excluding carboxylic acids is 1. The zero-order valence-corrected chi connectivity index (χ0v) is 13.4. The number of hydrogen-bond acceptors (Lipinski definition) is 7. The molecule has 0 aliphatic carbocycles. The minimum atomic E-state index is -0.199. The van der Waals surface area contributed by atoms with Gasteiger partial charge < -0.3 is 14.2 Å². The molecule has 2 aromatic rings. The molecule has 1 saturated heterocycles. The molecule has 1 aliphatic heterocycles. The van der Waals surface area contributed by atoms with Crippen LogP contribution in [-0.2, 0) is 16.0 Å². The molecule has 0 radical (unpaired) electrons. The van der Waals surface area contributed by atoms with Crippen LogP contribution in [0.25, 0.3) is 0 Å². The van der Waals surface area contributed by atoms with Crippen LogP contribution in [0, 0.1) is 6.92 Å². The number of aromatic nitrogens is 3. The Morgan fingerprint density at radius 1 is 1.59 bits per heavy atom. The third kappa shape index (κ3) is 3.17. The molecule has 0 aromatic carbocycles. The van der Waals surface area contributed by atoms with Crippen LogP contribution < -0.4 is 0 Å². The highest BCUT2D eigenvalue weighted by molar-refractivity contribution is 7.09. The molecular weight excluding hydrogens is 304 g/mol. The molecule has 2 aromatic heterocycles. The van der Waals surface area contributed by atoms with Crippen molar-refractivity contribution in [1.82, 2.24) is 20.0 Å². The van der Waals surface area contributed by atoms with Crippen LogP contribution in [-0.4, -0.2) is 45.7 Å². The summed E-state index contributed by atoms with van der Waals surface area (Å²) in [4.78, 5) is 22.8. The van der Waals surface area contributed by atoms with E-state index in [1.165, 1.54) is 0 Å². The van der Waals surface area contributed by atoms with Gasteiger partial charge in [-0.25, -0.2) is 4.98 Å². The van der Waals surface area contributed by atoms with Crippen LogP contribution in [0.2, 0.25) is 0 Å². The van der Waals surface area contributed by atoms with E-state index in [-0.39, 0.29) is 18.1 Å². The van der Waals surface area contributed by atoms with Crippen molar-refractivity contribution in [2.45, 2.75) is 38.3 Å². The standard InChI is InChI=1S/C14H18N4O3S/c1-9-16-14(21-17-9)11-7-10(20-2)8-18(11)13(19)4-3-12-15-5-6-22-12/h5-6,10-11H,3-4,7-8H2,1-2H3. The van der Waals surface area contributed by atoms with Crippen molar-refractivity contribution < 1.29 is 14.1 Å². The quantitative estimate of drug-likeness (QED) is 0.834. The SMILES string of the molecule is COC1CC(c2nc(C)no2)N(C(=O)CCc2nccs2)C1. The zero-order chi connectivity index (χ0) is 15.5. The van der Waals surface area contributed by atoms with Gasteiger partial charge in [-0.1, -0.05) is 5.16 Å². The van der Waals surface area contributed by atoms with E-state index in [9.17, 15) is 4.79 Å². The number of aryl methyl sites for hydroxylation is 2. The fraction of sp³-hybridized carbons (Fsp3) is 0.571. The summed E-state index contributed by atoms with van der Waals surface area (Å²) in [6.07, 6.45) is 3.52. The maximum atomic E-state index is 12.5. The van der Waals surface area contributed by atoms with Gasteiger partial charge in [0.05, 0.1) is 11.1 Å². The number of hydrogen-bond donors (Lipinski definition) is 0. The molecule has 2 atom stereocenters. The van der Waals surface area contributed by atoms with E-state index in [2.05, 4.69) is 15.1 Å². The number of nitrogens with zero attached hydrogens (tertiary/aromatic N) is 4. The lowest BCUT2D eigenvalue weighted by Gasteiger charge is -2.21. The molecule has 0 saturated carbocycles. The number of amides is 1. The molecule has 22 heavy (non-hydrogen) atoms. The normalized spacial score (nSPS) is 21.5. The maximum Gasteiger partial charge on any atom is 0.249 e. The fourth-order valence-corrected chi connectivity index (χ4v) is 3.28. The summed E-state index contributed by atoms with van der Waals surface area (Å²) >= 11 is 1.57. The predicted molar refractivity (Wildman–Crippen MR) is 79.3 cm³/mol. The summed E-state index contributed by atoms with van der Waals surface area (Å²) in [5.41, 5.74) is 0. The van der Waals surface area contributed by atoms with Crippen LogP contribution in [0.5, 0.6) is 0 Å². The highest BCUT2D eigenvalue weighted by atomic mass is 32.1. The van der Waals surface area contributed by atoms with Crippen LogP contribution in [0.4, 0.5) is 0 Å². The van der Waals surface area contributed by atoms with Gasteiger partial charge in [-0.05, 0) is 6.92 Å². The molecule has 7 nitrogen and oxygen atoms in total. The molecule has 0 N–H and O–H groups in total. The number of likely N-dealkylation sites (tertiary alicyclic amines) is 1. The van der Waals surface area contributed by atoms with Gasteiger partial charge in [-0.2, -0.15) is 4.98 Å². The highest BCUT2D eigenvalue weighted by Gasteiger charge is 2.39. The van der Waals surface area contributed by atoms with Gasteiger partial charge in [0.2, 0.25) is 11.8 Å². The Morgan fingerprint density at radius 3 is 3.09 bits per heavy atom. The third-order valence-corrected chi connectivity index (χ3v) is 4.62. The third-order valence-electron chi connectivity index (χ3n) is 3.78. The number of methoxy groups -OCH3 is 1. The first kappa shape index (κ1) is 15.1. The van der Waals surface area contributed by atoms with Gasteiger partial charge >= 0.3 is 0 Å². The van der Waals surface area contributed by atoms with Gasteiger partial charge in [-0.15, -0.1) is 11.3 Å².